The Morgan fingerprint density at radius 1 is 1.29 bits per heavy atom. The molecule has 0 bridgehead atoms. The van der Waals surface area contributed by atoms with Crippen molar-refractivity contribution in [3.63, 3.8) is 0 Å². The lowest BCUT2D eigenvalue weighted by molar-refractivity contribution is 0.355. The third kappa shape index (κ3) is 4.13. The molecule has 2 N–H and O–H groups in total. The first-order valence-electron chi connectivity index (χ1n) is 6.41. The van der Waals surface area contributed by atoms with E-state index in [1.54, 1.807) is 0 Å². The number of H-pyrrole nitrogens is 1. The second-order valence-corrected chi connectivity index (χ2v) is 4.24. The molecular formula is C12H16N6O3. The van der Waals surface area contributed by atoms with Crippen LogP contribution in [-0.4, -0.2) is 38.3 Å². The Morgan fingerprint density at radius 3 is 2.67 bits per heavy atom. The van der Waals surface area contributed by atoms with E-state index in [9.17, 15) is 4.79 Å². The second-order valence-electron chi connectivity index (χ2n) is 4.24. The fraction of sp³-hybridized carbons (Fsp3) is 0.417. The number of rotatable bonds is 6. The van der Waals surface area contributed by atoms with Crippen molar-refractivity contribution in [3.8, 4) is 17.9 Å². The summed E-state index contributed by atoms with van der Waals surface area (Å²) in [6, 6.07) is 3.04. The zero-order valence-electron chi connectivity index (χ0n) is 12.0. The minimum atomic E-state index is -0.324. The Balaban J connectivity index is 2.23. The van der Waals surface area contributed by atoms with Crippen molar-refractivity contribution in [2.24, 2.45) is 0 Å². The van der Waals surface area contributed by atoms with Gasteiger partial charge in [-0.1, -0.05) is 6.92 Å². The molecule has 0 aromatic carbocycles. The first-order valence-corrected chi connectivity index (χ1v) is 6.41. The van der Waals surface area contributed by atoms with Gasteiger partial charge in [-0.3, -0.25) is 4.79 Å². The number of nitrogens with zero attached hydrogens (tertiary/aromatic N) is 4. The van der Waals surface area contributed by atoms with Gasteiger partial charge in [0, 0.05) is 18.2 Å². The summed E-state index contributed by atoms with van der Waals surface area (Å²) < 4.78 is 10.4. The van der Waals surface area contributed by atoms with Gasteiger partial charge in [-0.2, -0.15) is 9.97 Å². The zero-order chi connectivity index (χ0) is 15.2. The molecule has 9 nitrogen and oxygen atoms in total. The van der Waals surface area contributed by atoms with Gasteiger partial charge in [0.25, 0.3) is 5.56 Å². The molecule has 21 heavy (non-hydrogen) atoms. The van der Waals surface area contributed by atoms with Crippen molar-refractivity contribution in [2.75, 3.05) is 12.4 Å². The molecule has 2 rings (SSSR count). The fourth-order valence-corrected chi connectivity index (χ4v) is 1.34. The minimum Gasteiger partial charge on any atom is -0.467 e. The van der Waals surface area contributed by atoms with Gasteiger partial charge in [-0.25, -0.2) is 5.10 Å². The maximum absolute atomic E-state index is 10.9. The third-order valence-corrected chi connectivity index (χ3v) is 2.61. The predicted octanol–water partition coefficient (Wildman–Crippen LogP) is 0.966. The molecule has 2 aromatic rings. The number of aromatic amines is 1. The molecule has 9 heteroatoms. The standard InChI is InChI=1S/C12H16N6O3/c1-4-7(2)13-10-14-11(20-3)16-12(15-10)21-9-6-5-8(19)17-18-9/h5-7H,4H2,1-3H3,(H,17,19)(H,13,14,15,16). The van der Waals surface area contributed by atoms with Crippen LogP contribution in [0.15, 0.2) is 16.9 Å². The van der Waals surface area contributed by atoms with Gasteiger partial charge in [-0.05, 0) is 13.3 Å². The van der Waals surface area contributed by atoms with E-state index >= 15 is 0 Å². The summed E-state index contributed by atoms with van der Waals surface area (Å²) in [7, 11) is 1.45. The van der Waals surface area contributed by atoms with Crippen LogP contribution in [0.3, 0.4) is 0 Å². The van der Waals surface area contributed by atoms with Crippen molar-refractivity contribution in [1.82, 2.24) is 25.1 Å². The summed E-state index contributed by atoms with van der Waals surface area (Å²) in [5.41, 5.74) is -0.324. The summed E-state index contributed by atoms with van der Waals surface area (Å²) in [6.07, 6.45) is 0.908. The Kier molecular flexibility index (Phi) is 4.64. The first-order chi connectivity index (χ1) is 10.1. The van der Waals surface area contributed by atoms with E-state index in [2.05, 4.69) is 30.5 Å². The van der Waals surface area contributed by atoms with E-state index < -0.39 is 0 Å². The van der Waals surface area contributed by atoms with E-state index in [4.69, 9.17) is 9.47 Å². The van der Waals surface area contributed by atoms with Crippen LogP contribution in [0.5, 0.6) is 17.9 Å². The maximum Gasteiger partial charge on any atom is 0.331 e. The SMILES string of the molecule is CCC(C)Nc1nc(OC)nc(Oc2ccc(=O)[nH]n2)n1. The van der Waals surface area contributed by atoms with Crippen LogP contribution in [-0.2, 0) is 0 Å². The van der Waals surface area contributed by atoms with E-state index in [0.717, 1.165) is 6.42 Å². The number of nitrogens with one attached hydrogen (secondary N) is 2. The van der Waals surface area contributed by atoms with Crippen molar-refractivity contribution < 1.29 is 9.47 Å². The van der Waals surface area contributed by atoms with Gasteiger partial charge in [-0.15, -0.1) is 10.1 Å². The number of anilines is 1. The first kappa shape index (κ1) is 14.7. The average molecular weight is 292 g/mol. The monoisotopic (exact) mass is 292 g/mol. The molecule has 1 atom stereocenters. The Hall–Kier alpha value is -2.71. The van der Waals surface area contributed by atoms with Crippen molar-refractivity contribution in [1.29, 1.82) is 0 Å². The molecule has 0 aliphatic heterocycles. The largest absolute Gasteiger partial charge is 0.467 e. The summed E-state index contributed by atoms with van der Waals surface area (Å²) in [4.78, 5) is 23.1. The second kappa shape index (κ2) is 6.64. The highest BCUT2D eigenvalue weighted by Gasteiger charge is 2.11. The van der Waals surface area contributed by atoms with Crippen molar-refractivity contribution >= 4 is 5.95 Å². The van der Waals surface area contributed by atoms with Crippen LogP contribution in [0.25, 0.3) is 0 Å². The van der Waals surface area contributed by atoms with Gasteiger partial charge in [0.15, 0.2) is 0 Å². The summed E-state index contributed by atoms with van der Waals surface area (Å²) in [5, 5.41) is 9.07. The summed E-state index contributed by atoms with van der Waals surface area (Å²) in [5.74, 6) is 0.507. The Labute approximate surface area is 120 Å². The highest BCUT2D eigenvalue weighted by Crippen LogP contribution is 2.18. The molecule has 2 heterocycles. The van der Waals surface area contributed by atoms with Crippen LogP contribution in [0.4, 0.5) is 5.95 Å². The average Bonchev–Trinajstić information content (AvgIpc) is 2.49. The fourth-order valence-electron chi connectivity index (χ4n) is 1.34. The lowest BCUT2D eigenvalue weighted by Gasteiger charge is -2.12. The lowest BCUT2D eigenvalue weighted by atomic mass is 10.3. The van der Waals surface area contributed by atoms with Gasteiger partial charge < -0.3 is 14.8 Å². The number of hydrogen-bond acceptors (Lipinski definition) is 8. The van der Waals surface area contributed by atoms with Crippen molar-refractivity contribution in [2.45, 2.75) is 26.3 Å². The summed E-state index contributed by atoms with van der Waals surface area (Å²) in [6.45, 7) is 4.04. The van der Waals surface area contributed by atoms with Crippen LogP contribution in [0.1, 0.15) is 20.3 Å². The molecule has 0 saturated heterocycles. The number of aromatic nitrogens is 5. The molecule has 0 radical (unpaired) electrons. The van der Waals surface area contributed by atoms with Crippen LogP contribution in [0, 0.1) is 0 Å². The van der Waals surface area contributed by atoms with E-state index in [-0.39, 0.29) is 29.5 Å². The smallest absolute Gasteiger partial charge is 0.331 e. The molecule has 1 unspecified atom stereocenters. The van der Waals surface area contributed by atoms with Crippen LogP contribution in [0.2, 0.25) is 0 Å². The molecule has 0 fully saturated rings. The molecular weight excluding hydrogens is 276 g/mol. The van der Waals surface area contributed by atoms with Crippen molar-refractivity contribution in [3.05, 3.63) is 22.5 Å². The Morgan fingerprint density at radius 2 is 2.05 bits per heavy atom. The quantitative estimate of drug-likeness (QED) is 0.809. The minimum absolute atomic E-state index is 0.0206. The molecule has 0 saturated carbocycles. The van der Waals surface area contributed by atoms with Gasteiger partial charge >= 0.3 is 12.0 Å². The molecule has 2 aromatic heterocycles. The molecule has 0 aliphatic carbocycles. The third-order valence-electron chi connectivity index (χ3n) is 2.61. The van der Waals surface area contributed by atoms with Gasteiger partial charge in [0.2, 0.25) is 11.8 Å². The normalized spacial score (nSPS) is 11.8. The summed E-state index contributed by atoms with van der Waals surface area (Å²) >= 11 is 0. The molecule has 0 spiro atoms. The topological polar surface area (TPSA) is 115 Å². The molecule has 112 valence electrons. The predicted molar refractivity (Wildman–Crippen MR) is 74.7 cm³/mol. The number of methoxy groups -OCH3 is 1. The van der Waals surface area contributed by atoms with E-state index in [0.29, 0.717) is 5.95 Å². The van der Waals surface area contributed by atoms with E-state index in [1.165, 1.54) is 19.2 Å². The number of ether oxygens (including phenoxy) is 2. The highest BCUT2D eigenvalue weighted by molar-refractivity contribution is 5.29. The highest BCUT2D eigenvalue weighted by atomic mass is 16.5. The lowest BCUT2D eigenvalue weighted by Crippen LogP contribution is -2.16. The molecule has 0 aliphatic rings. The van der Waals surface area contributed by atoms with E-state index in [1.807, 2.05) is 13.8 Å². The van der Waals surface area contributed by atoms with Gasteiger partial charge in [0.05, 0.1) is 7.11 Å². The van der Waals surface area contributed by atoms with Crippen LogP contribution >= 0.6 is 0 Å². The van der Waals surface area contributed by atoms with Gasteiger partial charge in [0.1, 0.15) is 0 Å². The Bertz CT molecular complexity index is 639. The molecule has 0 amide bonds. The maximum atomic E-state index is 10.9. The zero-order valence-corrected chi connectivity index (χ0v) is 12.0. The number of hydrogen-bond donors (Lipinski definition) is 2. The van der Waals surface area contributed by atoms with Crippen LogP contribution < -0.4 is 20.3 Å².